The van der Waals surface area contributed by atoms with Gasteiger partial charge in [-0.25, -0.2) is 4.68 Å². The molecule has 1 saturated carbocycles. The fourth-order valence-electron chi connectivity index (χ4n) is 2.41. The first-order valence-corrected chi connectivity index (χ1v) is 9.32. The lowest BCUT2D eigenvalue weighted by molar-refractivity contribution is -0.137. The largest absolute Gasteiger partial charge is 0.416 e. The number of benzene rings is 1. The van der Waals surface area contributed by atoms with Gasteiger partial charge in [-0.1, -0.05) is 66.7 Å². The molecule has 1 atom stereocenters. The molecule has 11 heteroatoms. The summed E-state index contributed by atoms with van der Waals surface area (Å²) in [7, 11) is 0. The van der Waals surface area contributed by atoms with E-state index < -0.39 is 15.0 Å². The Labute approximate surface area is 171 Å². The van der Waals surface area contributed by atoms with Gasteiger partial charge in [-0.05, 0) is 18.6 Å². The number of rotatable bonds is 2. The first kappa shape index (κ1) is 19.3. The van der Waals surface area contributed by atoms with Crippen molar-refractivity contribution in [1.29, 1.82) is 5.26 Å². The van der Waals surface area contributed by atoms with Crippen molar-refractivity contribution in [3.63, 3.8) is 0 Å². The molecule has 0 amide bonds. The second-order valence-electron chi connectivity index (χ2n) is 5.38. The number of nitriles is 1. The third kappa shape index (κ3) is 3.42. The lowest BCUT2D eigenvalue weighted by Gasteiger charge is -2.13. The van der Waals surface area contributed by atoms with E-state index in [4.69, 9.17) is 34.8 Å². The van der Waals surface area contributed by atoms with Crippen LogP contribution in [0.5, 0.6) is 0 Å². The van der Waals surface area contributed by atoms with Crippen LogP contribution in [0.4, 0.5) is 13.2 Å². The molecule has 1 unspecified atom stereocenters. The van der Waals surface area contributed by atoms with Crippen molar-refractivity contribution in [3.8, 4) is 11.8 Å². The highest BCUT2D eigenvalue weighted by atomic mass is 79.9. The molecule has 1 aliphatic carbocycles. The number of halogens is 8. The van der Waals surface area contributed by atoms with Crippen molar-refractivity contribution < 1.29 is 13.2 Å². The molecule has 3 nitrogen and oxygen atoms in total. The SMILES string of the molecule is N#Cc1nn(-c2c(Cl)cc(C(F)(F)F)cc2Cl)c(Cl)c1C1CC1(Br)Br. The predicted molar refractivity (Wildman–Crippen MR) is 96.3 cm³/mol. The number of nitrogens with zero attached hydrogens (tertiary/aromatic N) is 3. The maximum absolute atomic E-state index is 12.9. The van der Waals surface area contributed by atoms with Crippen LogP contribution in [0.3, 0.4) is 0 Å². The van der Waals surface area contributed by atoms with E-state index in [1.165, 1.54) is 0 Å². The molecule has 0 saturated heterocycles. The molecule has 1 aromatic heterocycles. The van der Waals surface area contributed by atoms with Crippen LogP contribution < -0.4 is 0 Å². The zero-order valence-corrected chi connectivity index (χ0v) is 17.2. The molecule has 25 heavy (non-hydrogen) atoms. The van der Waals surface area contributed by atoms with E-state index in [0.717, 1.165) is 16.8 Å². The molecule has 2 aromatic rings. The highest BCUT2D eigenvalue weighted by Gasteiger charge is 2.54. The highest BCUT2D eigenvalue weighted by molar-refractivity contribution is 9.25. The Balaban J connectivity index is 2.17. The van der Waals surface area contributed by atoms with Crippen LogP contribution >= 0.6 is 66.7 Å². The average molecular weight is 538 g/mol. The summed E-state index contributed by atoms with van der Waals surface area (Å²) in [6.45, 7) is 0. The molecule has 0 N–H and O–H groups in total. The van der Waals surface area contributed by atoms with Crippen LogP contribution in [0.25, 0.3) is 5.69 Å². The lowest BCUT2D eigenvalue weighted by Crippen LogP contribution is -2.07. The normalized spacial score (nSPS) is 18.9. The van der Waals surface area contributed by atoms with Gasteiger partial charge in [0, 0.05) is 11.5 Å². The first-order chi connectivity index (χ1) is 11.5. The maximum Gasteiger partial charge on any atom is 0.416 e. The van der Waals surface area contributed by atoms with E-state index in [1.807, 2.05) is 6.07 Å². The summed E-state index contributed by atoms with van der Waals surface area (Å²) in [5.74, 6) is -0.115. The van der Waals surface area contributed by atoms with Gasteiger partial charge < -0.3 is 0 Å². The molecule has 0 bridgehead atoms. The smallest absolute Gasteiger partial charge is 0.218 e. The Morgan fingerprint density at radius 1 is 1.24 bits per heavy atom. The second kappa shape index (κ2) is 6.31. The summed E-state index contributed by atoms with van der Waals surface area (Å²) in [5.41, 5.74) is -0.468. The van der Waals surface area contributed by atoms with Gasteiger partial charge in [-0.15, -0.1) is 0 Å². The van der Waals surface area contributed by atoms with E-state index in [0.29, 0.717) is 12.0 Å². The zero-order chi connectivity index (χ0) is 18.7. The first-order valence-electron chi connectivity index (χ1n) is 6.60. The van der Waals surface area contributed by atoms with Crippen molar-refractivity contribution >= 4 is 66.7 Å². The monoisotopic (exact) mass is 535 g/mol. The summed E-state index contributed by atoms with van der Waals surface area (Å²) in [6, 6.07) is 3.41. The van der Waals surface area contributed by atoms with E-state index in [9.17, 15) is 18.4 Å². The van der Waals surface area contributed by atoms with Crippen molar-refractivity contribution in [1.82, 2.24) is 9.78 Å². The van der Waals surface area contributed by atoms with Crippen LogP contribution in [0.1, 0.15) is 29.2 Å². The van der Waals surface area contributed by atoms with E-state index in [-0.39, 0.29) is 32.5 Å². The Morgan fingerprint density at radius 3 is 2.16 bits per heavy atom. The van der Waals surface area contributed by atoms with Gasteiger partial charge in [-0.3, -0.25) is 0 Å². The highest BCUT2D eigenvalue weighted by Crippen LogP contribution is 2.64. The van der Waals surface area contributed by atoms with Crippen LogP contribution in [-0.4, -0.2) is 13.0 Å². The van der Waals surface area contributed by atoms with Gasteiger partial charge in [0.05, 0.1) is 18.8 Å². The molecule has 1 aliphatic rings. The van der Waals surface area contributed by atoms with Crippen LogP contribution in [0.2, 0.25) is 15.2 Å². The topological polar surface area (TPSA) is 41.6 Å². The lowest BCUT2D eigenvalue weighted by atomic mass is 10.1. The number of alkyl halides is 5. The van der Waals surface area contributed by atoms with Crippen LogP contribution in [-0.2, 0) is 6.18 Å². The Kier molecular flexibility index (Phi) is 4.87. The number of aromatic nitrogens is 2. The van der Waals surface area contributed by atoms with Gasteiger partial charge in [0.15, 0.2) is 5.69 Å². The quantitative estimate of drug-likeness (QED) is 0.400. The van der Waals surface area contributed by atoms with Crippen molar-refractivity contribution in [2.75, 3.05) is 0 Å². The summed E-state index contributed by atoms with van der Waals surface area (Å²) in [5, 5.41) is 12.9. The van der Waals surface area contributed by atoms with Gasteiger partial charge in [0.2, 0.25) is 0 Å². The Hall–Kier alpha value is -0.460. The van der Waals surface area contributed by atoms with Gasteiger partial charge >= 0.3 is 6.18 Å². The molecule has 3 rings (SSSR count). The Morgan fingerprint density at radius 2 is 1.76 bits per heavy atom. The molecule has 1 fully saturated rings. The molecular formula is C14H5Br2Cl3F3N3. The summed E-state index contributed by atoms with van der Waals surface area (Å²) in [6.07, 6.45) is -3.93. The minimum atomic E-state index is -4.60. The maximum atomic E-state index is 12.9. The molecular weight excluding hydrogens is 533 g/mol. The average Bonchev–Trinajstić information content (AvgIpc) is 2.97. The number of hydrogen-bond acceptors (Lipinski definition) is 2. The fourth-order valence-corrected chi connectivity index (χ4v) is 4.50. The van der Waals surface area contributed by atoms with Crippen molar-refractivity contribution in [2.45, 2.75) is 21.7 Å². The van der Waals surface area contributed by atoms with Gasteiger partial charge in [0.25, 0.3) is 0 Å². The Bertz CT molecular complexity index is 896. The van der Waals surface area contributed by atoms with E-state index in [2.05, 4.69) is 37.0 Å². The standard InChI is InChI=1S/C14H5Br2Cl3F3N3/c15-13(16)3-6(13)10-9(4-23)24-25(12(10)19)11-7(17)1-5(2-8(11)18)14(20,21)22/h1-2,6H,3H2. The minimum Gasteiger partial charge on any atom is -0.218 e. The van der Waals surface area contributed by atoms with Gasteiger partial charge in [0.1, 0.15) is 16.9 Å². The minimum absolute atomic E-state index is 0.0144. The third-order valence-corrected chi connectivity index (χ3v) is 6.39. The molecule has 1 aromatic carbocycles. The summed E-state index contributed by atoms with van der Waals surface area (Å²) in [4.78, 5) is 0. The predicted octanol–water partition coefficient (Wildman–Crippen LogP) is 6.70. The van der Waals surface area contributed by atoms with E-state index in [1.54, 1.807) is 0 Å². The third-order valence-electron chi connectivity index (χ3n) is 3.70. The van der Waals surface area contributed by atoms with Crippen LogP contribution in [0, 0.1) is 11.3 Å². The molecule has 0 radical (unpaired) electrons. The molecule has 0 spiro atoms. The molecule has 0 aliphatic heterocycles. The zero-order valence-electron chi connectivity index (χ0n) is 11.8. The van der Waals surface area contributed by atoms with Crippen LogP contribution in [0.15, 0.2) is 12.1 Å². The number of hydrogen-bond donors (Lipinski definition) is 0. The van der Waals surface area contributed by atoms with Gasteiger partial charge in [-0.2, -0.15) is 23.5 Å². The van der Waals surface area contributed by atoms with E-state index >= 15 is 0 Å². The van der Waals surface area contributed by atoms with Crippen molar-refractivity contribution in [2.24, 2.45) is 0 Å². The molecule has 1 heterocycles. The molecule has 132 valence electrons. The summed E-state index contributed by atoms with van der Waals surface area (Å²) >= 11 is 25.2. The second-order valence-corrected chi connectivity index (χ2v) is 10.4. The fraction of sp³-hybridized carbons (Fsp3) is 0.286. The van der Waals surface area contributed by atoms with Crippen molar-refractivity contribution in [3.05, 3.63) is 44.2 Å². The summed E-state index contributed by atoms with van der Waals surface area (Å²) < 4.78 is 39.3.